The number of nitrogens with one attached hydrogen (secondary N) is 1. The third kappa shape index (κ3) is 14.4. The van der Waals surface area contributed by atoms with E-state index in [1.807, 2.05) is 13.8 Å². The molecule has 36 heavy (non-hydrogen) atoms. The fourth-order valence-electron chi connectivity index (χ4n) is 2.46. The average Bonchev–Trinajstić information content (AvgIpc) is 3.43. The van der Waals surface area contributed by atoms with Crippen LogP contribution in [0.15, 0.2) is 76.2 Å². The summed E-state index contributed by atoms with van der Waals surface area (Å²) >= 11 is 0. The molecule has 2 rings (SSSR count). The van der Waals surface area contributed by atoms with E-state index < -0.39 is 0 Å². The van der Waals surface area contributed by atoms with Crippen LogP contribution in [-0.2, 0) is 14.3 Å². The molecule has 2 aliphatic rings. The van der Waals surface area contributed by atoms with Crippen LogP contribution in [0, 0.1) is 0 Å². The number of cyclic esters (lactones) is 2. The molecule has 0 saturated carbocycles. The molecule has 188 valence electrons. The minimum absolute atomic E-state index is 0.0903. The number of nitrogens with zero attached hydrogens (tertiary/aromatic N) is 2. The summed E-state index contributed by atoms with van der Waals surface area (Å²) < 4.78 is 9.86. The predicted molar refractivity (Wildman–Crippen MR) is 133 cm³/mol. The van der Waals surface area contributed by atoms with Crippen molar-refractivity contribution in [2.24, 2.45) is 5.73 Å². The van der Waals surface area contributed by atoms with E-state index in [1.54, 1.807) is 9.80 Å². The second kappa shape index (κ2) is 19.7. The zero-order valence-corrected chi connectivity index (χ0v) is 20.8. The van der Waals surface area contributed by atoms with Crippen LogP contribution in [0.1, 0.15) is 20.8 Å². The molecule has 2 heterocycles. The molecule has 0 aromatic carbocycles. The summed E-state index contributed by atoms with van der Waals surface area (Å²) in [5.41, 5.74) is 32.2. The van der Waals surface area contributed by atoms with Gasteiger partial charge in [-0.3, -0.25) is 4.79 Å². The van der Waals surface area contributed by atoms with Crippen molar-refractivity contribution in [1.82, 2.24) is 15.1 Å². The Morgan fingerprint density at radius 2 is 1.25 bits per heavy atom. The van der Waals surface area contributed by atoms with Crippen molar-refractivity contribution < 1.29 is 23.9 Å². The largest absolute Gasteiger partial charge is 0.443 e. The molecule has 2 aliphatic heterocycles. The SMILES string of the molecule is C=C=C=C=C=C=C=C=C=C=C=C=C.CCN1C[C@@H](CN)OC1=O.CCN1C[C@@H](CNC(C)=O)OC1=O. The summed E-state index contributed by atoms with van der Waals surface area (Å²) in [6.45, 7) is 15.2. The number of likely N-dealkylation sites (N-methyl/N-ethyl adjacent to an activating group) is 2. The standard InChI is InChI=1S/C13H4.C8H14N2O3.C6H12N2O2/c1-3-5-7-9-11-13-12-10-8-6-4-2;1-3-10-5-7(13-8(10)12)4-9-6(2)11;1-2-8-4-5(3-7)10-6(8)9/h1-2H2;7H,3-5H2,1-2H3,(H,9,11);5H,2-4,7H2,1H3/t;7-;5-/m.11/s1. The van der Waals surface area contributed by atoms with E-state index in [0.29, 0.717) is 39.3 Å². The normalized spacial score (nSPS) is 16.1. The first-order chi connectivity index (χ1) is 17.3. The summed E-state index contributed by atoms with van der Waals surface area (Å²) in [4.78, 5) is 35.7. The van der Waals surface area contributed by atoms with Gasteiger partial charge in [0, 0.05) is 26.6 Å². The van der Waals surface area contributed by atoms with Gasteiger partial charge in [0.2, 0.25) is 5.91 Å². The highest BCUT2D eigenvalue weighted by molar-refractivity contribution is 5.73. The molecule has 2 atom stereocenters. The highest BCUT2D eigenvalue weighted by atomic mass is 16.6. The van der Waals surface area contributed by atoms with Crippen LogP contribution >= 0.6 is 0 Å². The molecule has 3 amide bonds. The van der Waals surface area contributed by atoms with E-state index in [4.69, 9.17) is 15.2 Å². The third-order valence-electron chi connectivity index (χ3n) is 4.18. The van der Waals surface area contributed by atoms with Gasteiger partial charge in [-0.15, -0.1) is 0 Å². The van der Waals surface area contributed by atoms with Gasteiger partial charge in [-0.1, -0.05) is 11.5 Å². The van der Waals surface area contributed by atoms with Crippen LogP contribution in [0.4, 0.5) is 9.59 Å². The molecule has 2 fully saturated rings. The van der Waals surface area contributed by atoms with Crippen LogP contribution in [0.2, 0.25) is 0 Å². The van der Waals surface area contributed by atoms with Crippen molar-refractivity contribution >= 4 is 18.1 Å². The second-order valence-corrected chi connectivity index (χ2v) is 6.74. The Morgan fingerprint density at radius 1 is 0.861 bits per heavy atom. The number of rotatable bonds is 5. The van der Waals surface area contributed by atoms with E-state index in [1.165, 1.54) is 6.92 Å². The lowest BCUT2D eigenvalue weighted by atomic mass is 10.3. The molecule has 0 radical (unpaired) electrons. The zero-order chi connectivity index (χ0) is 27.2. The summed E-state index contributed by atoms with van der Waals surface area (Å²) in [5.74, 6) is -0.106. The Hall–Kier alpha value is -4.71. The maximum atomic E-state index is 11.1. The lowest BCUT2D eigenvalue weighted by Gasteiger charge is -2.08. The minimum atomic E-state index is -0.294. The third-order valence-corrected chi connectivity index (χ3v) is 4.18. The fourth-order valence-corrected chi connectivity index (χ4v) is 2.46. The molecule has 3 N–H and O–H groups in total. The second-order valence-electron chi connectivity index (χ2n) is 6.74. The highest BCUT2D eigenvalue weighted by Crippen LogP contribution is 2.09. The molecule has 0 aliphatic carbocycles. The Labute approximate surface area is 211 Å². The Balaban J connectivity index is 0.000000515. The van der Waals surface area contributed by atoms with Crippen LogP contribution in [0.25, 0.3) is 0 Å². The van der Waals surface area contributed by atoms with Gasteiger partial charge in [-0.05, 0) is 78.6 Å². The molecule has 9 nitrogen and oxygen atoms in total. The van der Waals surface area contributed by atoms with E-state index in [-0.39, 0.29) is 30.3 Å². The first-order valence-corrected chi connectivity index (χ1v) is 11.0. The highest BCUT2D eigenvalue weighted by Gasteiger charge is 2.30. The van der Waals surface area contributed by atoms with Crippen molar-refractivity contribution in [3.63, 3.8) is 0 Å². The average molecular weight is 491 g/mol. The monoisotopic (exact) mass is 490 g/mol. The van der Waals surface area contributed by atoms with Gasteiger partial charge < -0.3 is 30.3 Å². The van der Waals surface area contributed by atoms with Crippen molar-refractivity contribution in [1.29, 1.82) is 0 Å². The number of carbonyl (C=O) groups is 3. The molecule has 2 saturated heterocycles. The van der Waals surface area contributed by atoms with Gasteiger partial charge >= 0.3 is 12.2 Å². The number of carbonyl (C=O) groups excluding carboxylic acids is 3. The number of hydrogen-bond donors (Lipinski definition) is 2. The molecular weight excluding hydrogens is 460 g/mol. The molecule has 0 aromatic rings. The molecule has 0 unspecified atom stereocenters. The van der Waals surface area contributed by atoms with Gasteiger partial charge in [0.1, 0.15) is 12.2 Å². The van der Waals surface area contributed by atoms with Gasteiger partial charge in [0.25, 0.3) is 0 Å². The van der Waals surface area contributed by atoms with E-state index in [0.717, 1.165) is 0 Å². The Bertz CT molecular complexity index is 1130. The minimum Gasteiger partial charge on any atom is -0.443 e. The summed E-state index contributed by atoms with van der Waals surface area (Å²) in [6.07, 6.45) is -0.820. The zero-order valence-electron chi connectivity index (χ0n) is 20.8. The maximum Gasteiger partial charge on any atom is 0.410 e. The van der Waals surface area contributed by atoms with E-state index >= 15 is 0 Å². The molecule has 0 bridgehead atoms. The fraction of sp³-hybridized carbons (Fsp3) is 0.407. The topological polar surface area (TPSA) is 114 Å². The van der Waals surface area contributed by atoms with Crippen molar-refractivity contribution in [2.75, 3.05) is 39.3 Å². The van der Waals surface area contributed by atoms with E-state index in [9.17, 15) is 14.4 Å². The van der Waals surface area contributed by atoms with Gasteiger partial charge in [-0.25, -0.2) is 9.59 Å². The lowest BCUT2D eigenvalue weighted by Crippen LogP contribution is -2.33. The van der Waals surface area contributed by atoms with Crippen molar-refractivity contribution in [3.8, 4) is 0 Å². The predicted octanol–water partition coefficient (Wildman–Crippen LogP) is 2.26. The number of nitrogens with two attached hydrogens (primary N) is 1. The number of amides is 3. The van der Waals surface area contributed by atoms with Crippen LogP contribution in [0.5, 0.6) is 0 Å². The van der Waals surface area contributed by atoms with Gasteiger partial charge in [0.05, 0.1) is 19.6 Å². The Kier molecular flexibility index (Phi) is 17.2. The summed E-state index contributed by atoms with van der Waals surface area (Å²) in [5, 5.41) is 2.61. The first kappa shape index (κ1) is 31.3. The van der Waals surface area contributed by atoms with Crippen molar-refractivity contribution in [2.45, 2.75) is 33.0 Å². The molecular formula is C27H30N4O5. The summed E-state index contributed by atoms with van der Waals surface area (Å²) in [7, 11) is 0. The summed E-state index contributed by atoms with van der Waals surface area (Å²) in [6, 6.07) is 0. The van der Waals surface area contributed by atoms with Crippen LogP contribution < -0.4 is 11.1 Å². The van der Waals surface area contributed by atoms with Gasteiger partial charge in [-0.2, -0.15) is 0 Å². The van der Waals surface area contributed by atoms with Crippen LogP contribution in [0.3, 0.4) is 0 Å². The number of hydrogen-bond acceptors (Lipinski definition) is 6. The maximum absolute atomic E-state index is 11.1. The molecule has 0 spiro atoms. The van der Waals surface area contributed by atoms with E-state index in [2.05, 4.69) is 81.5 Å². The molecule has 9 heteroatoms. The quantitative estimate of drug-likeness (QED) is 0.572. The Morgan fingerprint density at radius 3 is 1.56 bits per heavy atom. The lowest BCUT2D eigenvalue weighted by molar-refractivity contribution is -0.119. The smallest absolute Gasteiger partial charge is 0.410 e. The first-order valence-electron chi connectivity index (χ1n) is 11.0. The van der Waals surface area contributed by atoms with Crippen LogP contribution in [-0.4, -0.2) is 79.4 Å². The molecule has 0 aromatic heterocycles. The number of ether oxygens (including phenoxy) is 2. The van der Waals surface area contributed by atoms with Gasteiger partial charge in [0.15, 0.2) is 0 Å². The van der Waals surface area contributed by atoms with Crippen molar-refractivity contribution in [3.05, 3.63) is 76.2 Å².